The summed E-state index contributed by atoms with van der Waals surface area (Å²) in [7, 11) is 0. The molecule has 0 bridgehead atoms. The van der Waals surface area contributed by atoms with E-state index >= 15 is 0 Å². The molecule has 0 spiro atoms. The molecule has 0 unspecified atom stereocenters. The van der Waals surface area contributed by atoms with Gasteiger partial charge in [0, 0.05) is 5.69 Å². The highest BCUT2D eigenvalue weighted by Gasteiger charge is 2.33. The third kappa shape index (κ3) is 2.94. The lowest BCUT2D eigenvalue weighted by molar-refractivity contribution is -0.141. The van der Waals surface area contributed by atoms with Gasteiger partial charge in [-0.3, -0.25) is 0 Å². The van der Waals surface area contributed by atoms with Crippen molar-refractivity contribution in [3.63, 3.8) is 0 Å². The second-order valence-corrected chi connectivity index (χ2v) is 4.63. The first-order valence-electron chi connectivity index (χ1n) is 4.67. The minimum atomic E-state index is -4.37. The standard InChI is InChI=1S/C11H14F3N/c1-7-5-8(10(2,3)4)6-9(15-7)11(12,13)14/h5-6H,1-4H3. The normalized spacial score (nSPS) is 13.0. The van der Waals surface area contributed by atoms with Crippen molar-refractivity contribution in [1.29, 1.82) is 0 Å². The van der Waals surface area contributed by atoms with Crippen LogP contribution in [0.4, 0.5) is 13.2 Å². The monoisotopic (exact) mass is 217 g/mol. The maximum Gasteiger partial charge on any atom is 0.433 e. The Morgan fingerprint density at radius 2 is 1.60 bits per heavy atom. The van der Waals surface area contributed by atoms with E-state index in [0.29, 0.717) is 11.3 Å². The van der Waals surface area contributed by atoms with E-state index in [-0.39, 0.29) is 5.41 Å². The average molecular weight is 217 g/mol. The SMILES string of the molecule is Cc1cc(C(C)(C)C)cc(C(F)(F)F)n1. The summed E-state index contributed by atoms with van der Waals surface area (Å²) in [4.78, 5) is 3.49. The lowest BCUT2D eigenvalue weighted by Crippen LogP contribution is -2.16. The van der Waals surface area contributed by atoms with Gasteiger partial charge >= 0.3 is 6.18 Å². The van der Waals surface area contributed by atoms with Crippen LogP contribution in [0, 0.1) is 6.92 Å². The van der Waals surface area contributed by atoms with Crippen LogP contribution < -0.4 is 0 Å². The van der Waals surface area contributed by atoms with Crippen LogP contribution >= 0.6 is 0 Å². The predicted molar refractivity (Wildman–Crippen MR) is 52.7 cm³/mol. The zero-order chi connectivity index (χ0) is 11.9. The van der Waals surface area contributed by atoms with Crippen LogP contribution in [-0.2, 0) is 11.6 Å². The summed E-state index contributed by atoms with van der Waals surface area (Å²) in [5.74, 6) is 0. The van der Waals surface area contributed by atoms with Gasteiger partial charge in [0.05, 0.1) is 0 Å². The molecule has 1 aromatic heterocycles. The maximum absolute atomic E-state index is 12.5. The Morgan fingerprint density at radius 1 is 1.07 bits per heavy atom. The average Bonchev–Trinajstić information content (AvgIpc) is 1.99. The topological polar surface area (TPSA) is 12.9 Å². The van der Waals surface area contributed by atoms with Gasteiger partial charge in [0.2, 0.25) is 0 Å². The third-order valence-electron chi connectivity index (χ3n) is 2.11. The molecule has 4 heteroatoms. The molecule has 0 saturated heterocycles. The van der Waals surface area contributed by atoms with E-state index in [1.54, 1.807) is 13.0 Å². The molecule has 0 amide bonds. The fraction of sp³-hybridized carbons (Fsp3) is 0.545. The third-order valence-corrected chi connectivity index (χ3v) is 2.11. The molecule has 0 aliphatic heterocycles. The van der Waals surface area contributed by atoms with Crippen LogP contribution in [0.1, 0.15) is 37.7 Å². The molecule has 0 radical (unpaired) electrons. The smallest absolute Gasteiger partial charge is 0.249 e. The molecule has 0 N–H and O–H groups in total. The maximum atomic E-state index is 12.5. The minimum absolute atomic E-state index is 0.298. The lowest BCUT2D eigenvalue weighted by Gasteiger charge is -2.20. The van der Waals surface area contributed by atoms with Crippen LogP contribution in [0.25, 0.3) is 0 Å². The molecule has 1 aromatic rings. The number of hydrogen-bond donors (Lipinski definition) is 0. The van der Waals surface area contributed by atoms with Crippen LogP contribution in [0.2, 0.25) is 0 Å². The first-order valence-corrected chi connectivity index (χ1v) is 4.67. The van der Waals surface area contributed by atoms with E-state index in [2.05, 4.69) is 4.98 Å². The number of hydrogen-bond acceptors (Lipinski definition) is 1. The Balaban J connectivity index is 3.30. The molecule has 84 valence electrons. The van der Waals surface area contributed by atoms with Gasteiger partial charge in [-0.05, 0) is 30.0 Å². The Morgan fingerprint density at radius 3 is 2.00 bits per heavy atom. The number of alkyl halides is 3. The van der Waals surface area contributed by atoms with Crippen LogP contribution in [-0.4, -0.2) is 4.98 Å². The Bertz CT molecular complexity index is 329. The largest absolute Gasteiger partial charge is 0.433 e. The van der Waals surface area contributed by atoms with E-state index in [1.807, 2.05) is 20.8 Å². The predicted octanol–water partition coefficient (Wildman–Crippen LogP) is 3.71. The first kappa shape index (κ1) is 12.0. The second kappa shape index (κ2) is 3.51. The number of nitrogens with zero attached hydrogens (tertiary/aromatic N) is 1. The zero-order valence-corrected chi connectivity index (χ0v) is 9.24. The fourth-order valence-electron chi connectivity index (χ4n) is 1.25. The number of rotatable bonds is 0. The van der Waals surface area contributed by atoms with Gasteiger partial charge in [-0.1, -0.05) is 20.8 Å². The van der Waals surface area contributed by atoms with Gasteiger partial charge in [-0.25, -0.2) is 4.98 Å². The van der Waals surface area contributed by atoms with Crippen molar-refractivity contribution in [3.8, 4) is 0 Å². The molecular weight excluding hydrogens is 203 g/mol. The Hall–Kier alpha value is -1.06. The fourth-order valence-corrected chi connectivity index (χ4v) is 1.25. The Labute approximate surface area is 87.3 Å². The summed E-state index contributed by atoms with van der Waals surface area (Å²) in [6, 6.07) is 2.81. The van der Waals surface area contributed by atoms with Gasteiger partial charge in [0.15, 0.2) is 0 Å². The van der Waals surface area contributed by atoms with Crippen molar-refractivity contribution in [2.24, 2.45) is 0 Å². The summed E-state index contributed by atoms with van der Waals surface area (Å²) >= 11 is 0. The van der Waals surface area contributed by atoms with Crippen molar-refractivity contribution < 1.29 is 13.2 Å². The molecule has 0 aliphatic rings. The molecule has 1 rings (SSSR count). The summed E-state index contributed by atoms with van der Waals surface area (Å²) < 4.78 is 37.4. The summed E-state index contributed by atoms with van der Waals surface area (Å²) in [5, 5.41) is 0. The summed E-state index contributed by atoms with van der Waals surface area (Å²) in [5.41, 5.74) is -0.0576. The quantitative estimate of drug-likeness (QED) is 0.645. The first-order chi connectivity index (χ1) is 6.60. The molecule has 1 heterocycles. The summed E-state index contributed by atoms with van der Waals surface area (Å²) in [6.07, 6.45) is -4.37. The highest BCUT2D eigenvalue weighted by molar-refractivity contribution is 5.28. The van der Waals surface area contributed by atoms with E-state index < -0.39 is 11.9 Å². The molecule has 0 aromatic carbocycles. The van der Waals surface area contributed by atoms with Gasteiger partial charge in [0.25, 0.3) is 0 Å². The number of pyridine rings is 1. The van der Waals surface area contributed by atoms with Gasteiger partial charge < -0.3 is 0 Å². The van der Waals surface area contributed by atoms with E-state index in [4.69, 9.17) is 0 Å². The van der Waals surface area contributed by atoms with Crippen LogP contribution in [0.5, 0.6) is 0 Å². The molecule has 0 saturated carbocycles. The van der Waals surface area contributed by atoms with Crippen LogP contribution in [0.15, 0.2) is 12.1 Å². The molecular formula is C11H14F3N. The van der Waals surface area contributed by atoms with E-state index in [1.165, 1.54) is 0 Å². The van der Waals surface area contributed by atoms with Crippen molar-refractivity contribution in [2.75, 3.05) is 0 Å². The minimum Gasteiger partial charge on any atom is -0.249 e. The molecule has 15 heavy (non-hydrogen) atoms. The van der Waals surface area contributed by atoms with E-state index in [9.17, 15) is 13.2 Å². The lowest BCUT2D eigenvalue weighted by atomic mass is 9.87. The number of halogens is 3. The highest BCUT2D eigenvalue weighted by atomic mass is 19.4. The van der Waals surface area contributed by atoms with Gasteiger partial charge in [-0.2, -0.15) is 13.2 Å². The molecule has 1 nitrogen and oxygen atoms in total. The van der Waals surface area contributed by atoms with Crippen molar-refractivity contribution in [3.05, 3.63) is 29.1 Å². The highest BCUT2D eigenvalue weighted by Crippen LogP contribution is 2.31. The molecule has 0 fully saturated rings. The number of aromatic nitrogens is 1. The molecule has 0 atom stereocenters. The molecule has 0 aliphatic carbocycles. The van der Waals surface area contributed by atoms with Gasteiger partial charge in [-0.15, -0.1) is 0 Å². The van der Waals surface area contributed by atoms with Crippen molar-refractivity contribution in [2.45, 2.75) is 39.3 Å². The number of aryl methyl sites for hydroxylation is 1. The second-order valence-electron chi connectivity index (χ2n) is 4.63. The summed E-state index contributed by atoms with van der Waals surface area (Å²) in [6.45, 7) is 7.20. The van der Waals surface area contributed by atoms with Crippen LogP contribution in [0.3, 0.4) is 0 Å². The Kier molecular flexibility index (Phi) is 2.81. The van der Waals surface area contributed by atoms with Crippen molar-refractivity contribution in [1.82, 2.24) is 4.98 Å². The van der Waals surface area contributed by atoms with E-state index in [0.717, 1.165) is 6.07 Å². The van der Waals surface area contributed by atoms with Gasteiger partial charge in [0.1, 0.15) is 5.69 Å². The van der Waals surface area contributed by atoms with Crippen molar-refractivity contribution >= 4 is 0 Å². The zero-order valence-electron chi connectivity index (χ0n) is 9.24.